The van der Waals surface area contributed by atoms with Crippen LogP contribution in [0.5, 0.6) is 0 Å². The van der Waals surface area contributed by atoms with Crippen molar-refractivity contribution < 1.29 is 0 Å². The first-order valence-corrected chi connectivity index (χ1v) is 15.2. The van der Waals surface area contributed by atoms with E-state index < -0.39 is 0 Å². The topological polar surface area (TPSA) is 0 Å². The third-order valence-electron chi connectivity index (χ3n) is 8.54. The number of fused-ring (bicyclic) bond motifs is 3. The van der Waals surface area contributed by atoms with Gasteiger partial charge in [-0.1, -0.05) is 52.0 Å². The maximum Gasteiger partial charge on any atom is 0.0110 e. The van der Waals surface area contributed by atoms with E-state index in [0.717, 1.165) is 0 Å². The third kappa shape index (κ3) is 4.11. The van der Waals surface area contributed by atoms with Crippen LogP contribution in [0.3, 0.4) is 0 Å². The zero-order valence-electron chi connectivity index (χ0n) is 22.4. The van der Waals surface area contributed by atoms with Crippen molar-refractivity contribution >= 4 is 23.5 Å². The molecule has 0 saturated carbocycles. The molecule has 0 saturated heterocycles. The van der Waals surface area contributed by atoms with Gasteiger partial charge in [-0.15, -0.1) is 23.5 Å². The summed E-state index contributed by atoms with van der Waals surface area (Å²) in [6.07, 6.45) is 2.48. The van der Waals surface area contributed by atoms with Gasteiger partial charge in [-0.05, 0) is 141 Å². The molecule has 2 aromatic carbocycles. The van der Waals surface area contributed by atoms with Crippen molar-refractivity contribution in [3.8, 4) is 33.4 Å². The third-order valence-corrected chi connectivity index (χ3v) is 10.7. The van der Waals surface area contributed by atoms with E-state index in [1.165, 1.54) is 89.8 Å². The van der Waals surface area contributed by atoms with Gasteiger partial charge >= 0.3 is 0 Å². The van der Waals surface area contributed by atoms with Crippen LogP contribution in [0.1, 0.15) is 62.8 Å². The molecule has 0 bridgehead atoms. The average Bonchev–Trinajstić information content (AvgIpc) is 3.21. The van der Waals surface area contributed by atoms with Gasteiger partial charge in [0.25, 0.3) is 0 Å². The Balaban J connectivity index is 1.44. The van der Waals surface area contributed by atoms with Crippen molar-refractivity contribution in [2.24, 2.45) is 0 Å². The fourth-order valence-corrected chi connectivity index (χ4v) is 8.98. The average molecular weight is 509 g/mol. The smallest absolute Gasteiger partial charge is 0.0110 e. The SMILES string of the molecule is Cc1cc(-c2ccc3c(c2)C(C)(C)CCS3)c(C)cc2cc(-c3ccc4c(c3)C(C)(C)CCS4)cc1-2. The van der Waals surface area contributed by atoms with Crippen LogP contribution in [-0.2, 0) is 10.8 Å². The highest BCUT2D eigenvalue weighted by Crippen LogP contribution is 2.46. The minimum Gasteiger partial charge on any atom is -0.126 e. The number of benzene rings is 2. The predicted molar refractivity (Wildman–Crippen MR) is 160 cm³/mol. The molecule has 2 aromatic rings. The molecule has 184 valence electrons. The van der Waals surface area contributed by atoms with E-state index in [4.69, 9.17) is 0 Å². The summed E-state index contributed by atoms with van der Waals surface area (Å²) in [6.45, 7) is 14.1. The van der Waals surface area contributed by atoms with E-state index in [2.05, 4.69) is 102 Å². The maximum absolute atomic E-state index is 2.46. The number of rotatable bonds is 2. The van der Waals surface area contributed by atoms with Crippen molar-refractivity contribution in [3.63, 3.8) is 0 Å². The van der Waals surface area contributed by atoms with E-state index in [0.29, 0.717) is 0 Å². The Kier molecular flexibility index (Phi) is 5.85. The van der Waals surface area contributed by atoms with Crippen molar-refractivity contribution in [1.82, 2.24) is 0 Å². The van der Waals surface area contributed by atoms with Crippen molar-refractivity contribution in [2.75, 3.05) is 11.5 Å². The zero-order chi connectivity index (χ0) is 25.2. The lowest BCUT2D eigenvalue weighted by atomic mass is 9.80. The fraction of sp³-hybridized carbons (Fsp3) is 0.353. The van der Waals surface area contributed by atoms with Crippen LogP contribution in [0.25, 0.3) is 33.4 Å². The van der Waals surface area contributed by atoms with Crippen molar-refractivity contribution in [1.29, 1.82) is 0 Å². The van der Waals surface area contributed by atoms with E-state index in [1.807, 2.05) is 23.5 Å². The lowest BCUT2D eigenvalue weighted by Gasteiger charge is -2.32. The Morgan fingerprint density at radius 2 is 1.06 bits per heavy atom. The molecule has 2 aliphatic carbocycles. The fourth-order valence-electron chi connectivity index (χ4n) is 6.00. The molecule has 0 N–H and O–H groups in total. The number of thioether (sulfide) groups is 2. The second-order valence-corrected chi connectivity index (χ2v) is 14.3. The Labute approximate surface area is 225 Å². The van der Waals surface area contributed by atoms with E-state index in [1.54, 1.807) is 0 Å². The van der Waals surface area contributed by atoms with Crippen LogP contribution < -0.4 is 0 Å². The highest BCUT2D eigenvalue weighted by molar-refractivity contribution is 7.99. The Morgan fingerprint density at radius 3 is 1.69 bits per heavy atom. The molecule has 0 amide bonds. The summed E-state index contributed by atoms with van der Waals surface area (Å²) in [5.41, 5.74) is 14.3. The zero-order valence-corrected chi connectivity index (χ0v) is 24.1. The van der Waals surface area contributed by atoms with E-state index in [9.17, 15) is 0 Å². The van der Waals surface area contributed by atoms with Gasteiger partial charge < -0.3 is 0 Å². The molecular weight excluding hydrogens is 473 g/mol. The van der Waals surface area contributed by atoms with Crippen molar-refractivity contribution in [3.05, 3.63) is 82.9 Å². The van der Waals surface area contributed by atoms with Crippen LogP contribution in [0.15, 0.2) is 70.5 Å². The van der Waals surface area contributed by atoms with Gasteiger partial charge in [0, 0.05) is 9.79 Å². The lowest BCUT2D eigenvalue weighted by molar-refractivity contribution is 0.494. The monoisotopic (exact) mass is 508 g/mol. The molecule has 6 rings (SSSR count). The minimum atomic E-state index is 0.242. The summed E-state index contributed by atoms with van der Waals surface area (Å²) < 4.78 is 0. The van der Waals surface area contributed by atoms with Crippen LogP contribution in [0.4, 0.5) is 0 Å². The molecule has 0 atom stereocenters. The van der Waals surface area contributed by atoms with Crippen LogP contribution >= 0.6 is 23.5 Å². The lowest BCUT2D eigenvalue weighted by Crippen LogP contribution is -2.22. The molecule has 0 aromatic heterocycles. The molecule has 0 fully saturated rings. The highest BCUT2D eigenvalue weighted by Gasteiger charge is 2.29. The van der Waals surface area contributed by atoms with Gasteiger partial charge in [0.1, 0.15) is 0 Å². The summed E-state index contributed by atoms with van der Waals surface area (Å²) in [5.74, 6) is 2.44. The normalized spacial score (nSPS) is 18.1. The molecule has 0 spiro atoms. The van der Waals surface area contributed by atoms with E-state index >= 15 is 0 Å². The largest absolute Gasteiger partial charge is 0.126 e. The summed E-state index contributed by atoms with van der Waals surface area (Å²) in [5, 5.41) is 0. The van der Waals surface area contributed by atoms with Gasteiger partial charge in [-0.25, -0.2) is 0 Å². The quantitative estimate of drug-likeness (QED) is 0.264. The highest BCUT2D eigenvalue weighted by atomic mass is 32.2. The Morgan fingerprint density at radius 1 is 0.528 bits per heavy atom. The van der Waals surface area contributed by atoms with Gasteiger partial charge in [-0.2, -0.15) is 0 Å². The minimum absolute atomic E-state index is 0.242. The molecule has 0 nitrogen and oxygen atoms in total. The molecular formula is C34H36S2. The maximum atomic E-state index is 2.46. The van der Waals surface area contributed by atoms with Gasteiger partial charge in [0.05, 0.1) is 0 Å². The first-order valence-electron chi connectivity index (χ1n) is 13.2. The van der Waals surface area contributed by atoms with Gasteiger partial charge in [-0.3, -0.25) is 0 Å². The Hall–Kier alpha value is -2.16. The molecule has 2 heteroatoms. The second-order valence-electron chi connectivity index (χ2n) is 12.1. The molecule has 4 aliphatic rings. The Bertz CT molecular complexity index is 1460. The van der Waals surface area contributed by atoms with Crippen LogP contribution in [0, 0.1) is 13.8 Å². The second kappa shape index (κ2) is 8.71. The van der Waals surface area contributed by atoms with E-state index in [-0.39, 0.29) is 10.8 Å². The first-order chi connectivity index (χ1) is 17.1. The summed E-state index contributed by atoms with van der Waals surface area (Å²) in [4.78, 5) is 2.92. The number of hydrogen-bond donors (Lipinski definition) is 0. The van der Waals surface area contributed by atoms with Gasteiger partial charge in [0.15, 0.2) is 0 Å². The molecule has 36 heavy (non-hydrogen) atoms. The summed E-state index contributed by atoms with van der Waals surface area (Å²) in [7, 11) is 0. The number of hydrogen-bond acceptors (Lipinski definition) is 2. The summed E-state index contributed by atoms with van der Waals surface area (Å²) in [6, 6.07) is 23.9. The van der Waals surface area contributed by atoms with Crippen LogP contribution in [-0.4, -0.2) is 11.5 Å². The number of aryl methyl sites for hydroxylation is 2. The molecule has 2 aliphatic heterocycles. The molecule has 0 unspecified atom stereocenters. The first kappa shape index (κ1) is 24.2. The van der Waals surface area contributed by atoms with Crippen LogP contribution in [0.2, 0.25) is 0 Å². The molecule has 0 radical (unpaired) electrons. The predicted octanol–water partition coefficient (Wildman–Crippen LogP) is 10.3. The summed E-state index contributed by atoms with van der Waals surface area (Å²) >= 11 is 4.02. The molecule has 2 heterocycles. The van der Waals surface area contributed by atoms with Crippen molar-refractivity contribution in [2.45, 2.75) is 75.0 Å². The standard InChI is InChI=1S/C34H36S2/c1-21-15-26-17-25(23-7-9-31-29(19-23)33(3,4)11-13-35-31)18-28(26)22(2)16-27(21)24-8-10-32-30(20-24)34(5,6)12-14-36-32/h7-10,15-20H,11-14H2,1-6H3. The van der Waals surface area contributed by atoms with Gasteiger partial charge in [0.2, 0.25) is 0 Å².